The molecule has 1 aromatic carbocycles. The van der Waals surface area contributed by atoms with Crippen molar-refractivity contribution in [3.05, 3.63) is 38.3 Å². The van der Waals surface area contributed by atoms with Crippen LogP contribution in [0.4, 0.5) is 5.69 Å². The first kappa shape index (κ1) is 12.5. The van der Waals surface area contributed by atoms with Gasteiger partial charge in [0.25, 0.3) is 5.91 Å². The molecule has 0 aliphatic rings. The lowest BCUT2D eigenvalue weighted by atomic mass is 10.3. The Balaban J connectivity index is 2.19. The molecule has 0 aliphatic heterocycles. The lowest BCUT2D eigenvalue weighted by Gasteiger charge is -2.04. The van der Waals surface area contributed by atoms with Crippen molar-refractivity contribution in [1.82, 2.24) is 9.59 Å². The molecule has 1 aromatic heterocycles. The molecule has 2 rings (SSSR count). The van der Waals surface area contributed by atoms with E-state index >= 15 is 0 Å². The Hall–Kier alpha value is -0.980. The van der Waals surface area contributed by atoms with E-state index in [1.54, 1.807) is 25.1 Å². The summed E-state index contributed by atoms with van der Waals surface area (Å²) in [5.41, 5.74) is 1.29. The van der Waals surface area contributed by atoms with E-state index in [1.807, 2.05) is 0 Å². The summed E-state index contributed by atoms with van der Waals surface area (Å²) in [7, 11) is 0. The van der Waals surface area contributed by atoms with E-state index in [1.165, 1.54) is 0 Å². The fourth-order valence-corrected chi connectivity index (χ4v) is 2.25. The number of anilines is 1. The molecule has 0 spiro atoms. The minimum atomic E-state index is -0.216. The molecule has 0 saturated carbocycles. The van der Waals surface area contributed by atoms with Gasteiger partial charge in [-0.2, -0.15) is 0 Å². The first-order chi connectivity index (χ1) is 8.08. The molecule has 0 radical (unpaired) electrons. The number of carbonyl (C=O) groups excluding carboxylic acids is 1. The number of aromatic nitrogens is 2. The van der Waals surface area contributed by atoms with Crippen LogP contribution in [-0.4, -0.2) is 15.5 Å². The summed E-state index contributed by atoms with van der Waals surface area (Å²) in [6, 6.07) is 5.18. The van der Waals surface area contributed by atoms with Crippen LogP contribution in [0.1, 0.15) is 15.4 Å². The first-order valence-electron chi connectivity index (χ1n) is 4.63. The number of carbonyl (C=O) groups is 1. The van der Waals surface area contributed by atoms with Crippen LogP contribution in [0.5, 0.6) is 0 Å². The average Bonchev–Trinajstić information content (AvgIpc) is 2.70. The van der Waals surface area contributed by atoms with Crippen molar-refractivity contribution in [2.75, 3.05) is 5.32 Å². The van der Waals surface area contributed by atoms with Gasteiger partial charge in [0.1, 0.15) is 4.88 Å². The maximum absolute atomic E-state index is 11.9. The molecule has 88 valence electrons. The molecule has 0 bridgehead atoms. The molecule has 0 unspecified atom stereocenters. The van der Waals surface area contributed by atoms with Gasteiger partial charge in [0.2, 0.25) is 0 Å². The standard InChI is InChI=1S/C10H7BrClN3OS/c1-5-9(17-15-14-5)10(16)13-6-2-3-8(12)7(11)4-6/h2-4H,1H3,(H,13,16). The van der Waals surface area contributed by atoms with Crippen LogP contribution in [0.2, 0.25) is 5.02 Å². The second kappa shape index (κ2) is 5.12. The molecule has 1 amide bonds. The van der Waals surface area contributed by atoms with Crippen LogP contribution >= 0.6 is 39.1 Å². The molecule has 17 heavy (non-hydrogen) atoms. The van der Waals surface area contributed by atoms with Crippen LogP contribution in [0.3, 0.4) is 0 Å². The van der Waals surface area contributed by atoms with Gasteiger partial charge in [-0.05, 0) is 52.6 Å². The number of hydrogen-bond donors (Lipinski definition) is 1. The summed E-state index contributed by atoms with van der Waals surface area (Å²) in [5.74, 6) is -0.216. The van der Waals surface area contributed by atoms with E-state index in [2.05, 4.69) is 30.8 Å². The van der Waals surface area contributed by atoms with Crippen molar-refractivity contribution in [2.45, 2.75) is 6.92 Å². The zero-order valence-electron chi connectivity index (χ0n) is 8.70. The highest BCUT2D eigenvalue weighted by Gasteiger charge is 2.13. The van der Waals surface area contributed by atoms with Gasteiger partial charge in [-0.3, -0.25) is 4.79 Å². The third-order valence-electron chi connectivity index (χ3n) is 2.04. The normalized spacial score (nSPS) is 10.3. The summed E-state index contributed by atoms with van der Waals surface area (Å²) in [4.78, 5) is 12.4. The number of nitrogens with one attached hydrogen (secondary N) is 1. The largest absolute Gasteiger partial charge is 0.321 e. The second-order valence-corrected chi connectivity index (χ2v) is 5.29. The van der Waals surface area contributed by atoms with Crippen molar-refractivity contribution in [2.24, 2.45) is 0 Å². The average molecular weight is 333 g/mol. The lowest BCUT2D eigenvalue weighted by molar-refractivity contribution is 0.103. The van der Waals surface area contributed by atoms with Gasteiger partial charge in [-0.25, -0.2) is 0 Å². The Kier molecular flexibility index (Phi) is 3.76. The topological polar surface area (TPSA) is 54.9 Å². The van der Waals surface area contributed by atoms with E-state index in [9.17, 15) is 4.79 Å². The zero-order valence-corrected chi connectivity index (χ0v) is 11.9. The number of benzene rings is 1. The van der Waals surface area contributed by atoms with Gasteiger partial charge < -0.3 is 5.32 Å². The van der Waals surface area contributed by atoms with E-state index in [4.69, 9.17) is 11.6 Å². The third-order valence-corrected chi connectivity index (χ3v) is 4.08. The number of rotatable bonds is 2. The van der Waals surface area contributed by atoms with Crippen LogP contribution in [0.15, 0.2) is 22.7 Å². The molecule has 0 atom stereocenters. The Bertz CT molecular complexity index is 572. The summed E-state index contributed by atoms with van der Waals surface area (Å²) < 4.78 is 4.45. The van der Waals surface area contributed by atoms with Crippen LogP contribution in [0.25, 0.3) is 0 Å². The van der Waals surface area contributed by atoms with Gasteiger partial charge >= 0.3 is 0 Å². The van der Waals surface area contributed by atoms with E-state index in [0.717, 1.165) is 16.0 Å². The summed E-state index contributed by atoms with van der Waals surface area (Å²) in [5, 5.41) is 7.14. The molecule has 0 saturated heterocycles. The van der Waals surface area contributed by atoms with Gasteiger partial charge in [0, 0.05) is 10.2 Å². The molecular formula is C10H7BrClN3OS. The highest BCUT2D eigenvalue weighted by Crippen LogP contribution is 2.26. The zero-order chi connectivity index (χ0) is 12.4. The molecule has 4 nitrogen and oxygen atoms in total. The summed E-state index contributed by atoms with van der Waals surface area (Å²) in [6.45, 7) is 1.75. The molecule has 0 fully saturated rings. The maximum Gasteiger partial charge on any atom is 0.269 e. The number of nitrogens with zero attached hydrogens (tertiary/aromatic N) is 2. The Morgan fingerprint density at radius 3 is 2.88 bits per heavy atom. The Labute approximate surface area is 115 Å². The first-order valence-corrected chi connectivity index (χ1v) is 6.57. The van der Waals surface area contributed by atoms with Crippen molar-refractivity contribution >= 4 is 50.7 Å². The smallest absolute Gasteiger partial charge is 0.269 e. The van der Waals surface area contributed by atoms with E-state index in [0.29, 0.717) is 21.3 Å². The van der Waals surface area contributed by atoms with Crippen molar-refractivity contribution in [1.29, 1.82) is 0 Å². The molecular weight excluding hydrogens is 326 g/mol. The molecule has 1 heterocycles. The lowest BCUT2D eigenvalue weighted by Crippen LogP contribution is -2.11. The van der Waals surface area contributed by atoms with Crippen LogP contribution < -0.4 is 5.32 Å². The minimum Gasteiger partial charge on any atom is -0.321 e. The minimum absolute atomic E-state index is 0.216. The van der Waals surface area contributed by atoms with Crippen LogP contribution in [0, 0.1) is 6.92 Å². The highest BCUT2D eigenvalue weighted by molar-refractivity contribution is 9.10. The highest BCUT2D eigenvalue weighted by atomic mass is 79.9. The second-order valence-electron chi connectivity index (χ2n) is 3.27. The predicted molar refractivity (Wildman–Crippen MR) is 71.8 cm³/mol. The van der Waals surface area contributed by atoms with Gasteiger partial charge in [0.05, 0.1) is 10.7 Å². The predicted octanol–water partition coefficient (Wildman–Crippen LogP) is 3.51. The third kappa shape index (κ3) is 2.83. The number of halogens is 2. The maximum atomic E-state index is 11.9. The fraction of sp³-hybridized carbons (Fsp3) is 0.100. The number of hydrogen-bond acceptors (Lipinski definition) is 4. The molecule has 2 aromatic rings. The van der Waals surface area contributed by atoms with Gasteiger partial charge in [0.15, 0.2) is 0 Å². The van der Waals surface area contributed by atoms with Crippen molar-refractivity contribution < 1.29 is 4.79 Å². The van der Waals surface area contributed by atoms with E-state index < -0.39 is 0 Å². The Morgan fingerprint density at radius 2 is 2.29 bits per heavy atom. The van der Waals surface area contributed by atoms with Gasteiger partial charge in [-0.15, -0.1) is 5.10 Å². The van der Waals surface area contributed by atoms with E-state index in [-0.39, 0.29) is 5.91 Å². The van der Waals surface area contributed by atoms with Crippen molar-refractivity contribution in [3.8, 4) is 0 Å². The quantitative estimate of drug-likeness (QED) is 0.915. The van der Waals surface area contributed by atoms with Crippen molar-refractivity contribution in [3.63, 3.8) is 0 Å². The fourth-order valence-electron chi connectivity index (χ4n) is 1.20. The summed E-state index contributed by atoms with van der Waals surface area (Å²) in [6.07, 6.45) is 0. The Morgan fingerprint density at radius 1 is 1.53 bits per heavy atom. The van der Waals surface area contributed by atoms with Gasteiger partial charge in [-0.1, -0.05) is 16.1 Å². The molecule has 7 heteroatoms. The SMILES string of the molecule is Cc1nnsc1C(=O)Nc1ccc(Cl)c(Br)c1. The molecule has 0 aliphatic carbocycles. The number of aryl methyl sites for hydroxylation is 1. The monoisotopic (exact) mass is 331 g/mol. The number of amides is 1. The van der Waals surface area contributed by atoms with Crippen LogP contribution in [-0.2, 0) is 0 Å². The summed E-state index contributed by atoms with van der Waals surface area (Å²) >= 11 is 10.2. The molecule has 1 N–H and O–H groups in total.